The molecule has 0 N–H and O–H groups in total. The molecular formula is C19H18FNO3S. The van der Waals surface area contributed by atoms with Gasteiger partial charge in [0.15, 0.2) is 0 Å². The molecule has 0 aliphatic rings. The van der Waals surface area contributed by atoms with Crippen LogP contribution < -0.4 is 4.31 Å². The number of benzene rings is 2. The third kappa shape index (κ3) is 3.44. The van der Waals surface area contributed by atoms with Gasteiger partial charge in [0.1, 0.15) is 17.2 Å². The molecule has 0 fully saturated rings. The second-order valence-electron chi connectivity index (χ2n) is 5.80. The lowest BCUT2D eigenvalue weighted by Gasteiger charge is -2.19. The molecule has 1 aromatic heterocycles. The Hall–Kier alpha value is -2.60. The van der Waals surface area contributed by atoms with Gasteiger partial charge in [-0.3, -0.25) is 4.31 Å². The number of furan rings is 1. The molecule has 0 unspecified atom stereocenters. The van der Waals surface area contributed by atoms with Crippen molar-refractivity contribution in [3.63, 3.8) is 0 Å². The van der Waals surface area contributed by atoms with Gasteiger partial charge in [-0.2, -0.15) is 0 Å². The maximum absolute atomic E-state index is 13.1. The highest BCUT2D eigenvalue weighted by Crippen LogP contribution is 2.34. The lowest BCUT2D eigenvalue weighted by Crippen LogP contribution is -2.25. The van der Waals surface area contributed by atoms with Crippen LogP contribution in [0.1, 0.15) is 12.5 Å². The Morgan fingerprint density at radius 1 is 1.12 bits per heavy atom. The van der Waals surface area contributed by atoms with Crippen molar-refractivity contribution in [2.45, 2.75) is 6.92 Å². The fourth-order valence-corrected chi connectivity index (χ4v) is 3.13. The number of halogens is 1. The molecule has 0 radical (unpaired) electrons. The van der Waals surface area contributed by atoms with Gasteiger partial charge >= 0.3 is 0 Å². The molecule has 130 valence electrons. The maximum Gasteiger partial charge on any atom is 0.232 e. The summed E-state index contributed by atoms with van der Waals surface area (Å²) in [5.41, 5.74) is 2.63. The zero-order chi connectivity index (χ0) is 18.2. The Labute approximate surface area is 146 Å². The van der Waals surface area contributed by atoms with E-state index in [1.807, 2.05) is 31.2 Å². The molecule has 3 rings (SSSR count). The fraction of sp³-hybridized carbons (Fsp3) is 0.158. The first kappa shape index (κ1) is 17.2. The van der Waals surface area contributed by atoms with E-state index in [2.05, 4.69) is 0 Å². The van der Waals surface area contributed by atoms with E-state index < -0.39 is 10.0 Å². The van der Waals surface area contributed by atoms with Crippen molar-refractivity contribution in [3.8, 4) is 11.3 Å². The van der Waals surface area contributed by atoms with Crippen LogP contribution in [-0.4, -0.2) is 21.7 Å². The number of nitrogens with zero attached hydrogens (tertiary/aromatic N) is 1. The smallest absolute Gasteiger partial charge is 0.232 e. The van der Waals surface area contributed by atoms with Crippen LogP contribution in [0.5, 0.6) is 0 Å². The predicted octanol–water partition coefficient (Wildman–Crippen LogP) is 4.67. The van der Waals surface area contributed by atoms with E-state index >= 15 is 0 Å². The summed E-state index contributed by atoms with van der Waals surface area (Å²) in [6.07, 6.45) is 4.85. The second kappa shape index (κ2) is 6.37. The Morgan fingerprint density at radius 2 is 1.80 bits per heavy atom. The molecule has 2 aromatic carbocycles. The molecule has 0 atom stereocenters. The number of allylic oxidation sites excluding steroid dienone is 1. The molecule has 0 amide bonds. The first-order valence-corrected chi connectivity index (χ1v) is 9.54. The van der Waals surface area contributed by atoms with Gasteiger partial charge < -0.3 is 4.42 Å². The zero-order valence-electron chi connectivity index (χ0n) is 14.2. The van der Waals surface area contributed by atoms with Gasteiger partial charge in [0, 0.05) is 24.1 Å². The van der Waals surface area contributed by atoms with Gasteiger partial charge in [-0.05, 0) is 48.9 Å². The minimum absolute atomic E-state index is 0.313. The average molecular weight is 359 g/mol. The summed E-state index contributed by atoms with van der Waals surface area (Å²) >= 11 is 0. The molecule has 4 nitrogen and oxygen atoms in total. The van der Waals surface area contributed by atoms with Gasteiger partial charge in [-0.25, -0.2) is 12.8 Å². The standard InChI is InChI=1S/C19H18FNO3S/c1-4-5-14-10-15-11-18(13-6-8-16(20)9-7-13)24-19(15)12-17(14)21(2)25(3,22)23/h4-12H,1-3H3/b5-4+. The minimum Gasteiger partial charge on any atom is -0.456 e. The quantitative estimate of drug-likeness (QED) is 0.680. The SMILES string of the molecule is C/C=C/c1cc2cc(-c3ccc(F)cc3)oc2cc1N(C)S(C)(=O)=O. The molecule has 3 aromatic rings. The van der Waals surface area contributed by atoms with E-state index in [0.29, 0.717) is 17.0 Å². The lowest BCUT2D eigenvalue weighted by molar-refractivity contribution is 0.600. The van der Waals surface area contributed by atoms with Gasteiger partial charge in [0.05, 0.1) is 11.9 Å². The van der Waals surface area contributed by atoms with Crippen LogP contribution in [0.3, 0.4) is 0 Å². The number of anilines is 1. The summed E-state index contributed by atoms with van der Waals surface area (Å²) in [5, 5.41) is 0.845. The number of hydrogen-bond acceptors (Lipinski definition) is 3. The van der Waals surface area contributed by atoms with E-state index in [4.69, 9.17) is 4.42 Å². The molecule has 6 heteroatoms. The third-order valence-corrected chi connectivity index (χ3v) is 5.17. The predicted molar refractivity (Wildman–Crippen MR) is 99.6 cm³/mol. The summed E-state index contributed by atoms with van der Waals surface area (Å²) in [6.45, 7) is 1.87. The summed E-state index contributed by atoms with van der Waals surface area (Å²) < 4.78 is 44.0. The number of hydrogen-bond donors (Lipinski definition) is 0. The number of fused-ring (bicyclic) bond motifs is 1. The fourth-order valence-electron chi connectivity index (χ4n) is 2.61. The molecule has 0 bridgehead atoms. The first-order valence-electron chi connectivity index (χ1n) is 7.69. The van der Waals surface area contributed by atoms with Crippen molar-refractivity contribution < 1.29 is 17.2 Å². The van der Waals surface area contributed by atoms with Crippen LogP contribution in [0.15, 0.2) is 53.0 Å². The lowest BCUT2D eigenvalue weighted by atomic mass is 10.1. The number of rotatable bonds is 4. The normalized spacial score (nSPS) is 12.2. The molecule has 1 heterocycles. The monoisotopic (exact) mass is 359 g/mol. The van der Waals surface area contributed by atoms with Crippen LogP contribution in [-0.2, 0) is 10.0 Å². The number of sulfonamides is 1. The maximum atomic E-state index is 13.1. The van der Waals surface area contributed by atoms with Crippen LogP contribution in [0, 0.1) is 5.82 Å². The first-order chi connectivity index (χ1) is 11.8. The molecule has 0 spiro atoms. The van der Waals surface area contributed by atoms with Crippen molar-refractivity contribution in [2.24, 2.45) is 0 Å². The Kier molecular flexibility index (Phi) is 4.39. The largest absolute Gasteiger partial charge is 0.456 e. The summed E-state index contributed by atoms with van der Waals surface area (Å²) in [5.74, 6) is 0.285. The van der Waals surface area contributed by atoms with Gasteiger partial charge in [-0.15, -0.1) is 0 Å². The van der Waals surface area contributed by atoms with Gasteiger partial charge in [-0.1, -0.05) is 12.2 Å². The molecule has 0 aliphatic heterocycles. The van der Waals surface area contributed by atoms with E-state index in [1.54, 1.807) is 18.2 Å². The Bertz CT molecular complexity index is 1050. The van der Waals surface area contributed by atoms with Gasteiger partial charge in [0.2, 0.25) is 10.0 Å². The van der Waals surface area contributed by atoms with E-state index in [1.165, 1.54) is 23.5 Å². The van der Waals surface area contributed by atoms with Crippen LogP contribution in [0.2, 0.25) is 0 Å². The highest BCUT2D eigenvalue weighted by molar-refractivity contribution is 7.92. The topological polar surface area (TPSA) is 50.5 Å². The van der Waals surface area contributed by atoms with E-state index in [9.17, 15) is 12.8 Å². The van der Waals surface area contributed by atoms with Crippen molar-refractivity contribution in [1.82, 2.24) is 0 Å². The molecule has 0 saturated heterocycles. The highest BCUT2D eigenvalue weighted by atomic mass is 32.2. The third-order valence-electron chi connectivity index (χ3n) is 3.98. The van der Waals surface area contributed by atoms with Crippen molar-refractivity contribution in [1.29, 1.82) is 0 Å². The zero-order valence-corrected chi connectivity index (χ0v) is 15.0. The molecule has 0 saturated carbocycles. The van der Waals surface area contributed by atoms with Crippen molar-refractivity contribution in [3.05, 3.63) is 59.9 Å². The summed E-state index contributed by atoms with van der Waals surface area (Å²) in [6, 6.07) is 11.5. The Balaban J connectivity index is 2.18. The second-order valence-corrected chi connectivity index (χ2v) is 7.81. The van der Waals surface area contributed by atoms with Crippen molar-refractivity contribution >= 4 is 32.8 Å². The van der Waals surface area contributed by atoms with Crippen LogP contribution >= 0.6 is 0 Å². The summed E-state index contributed by atoms with van der Waals surface area (Å²) in [4.78, 5) is 0. The molecular weight excluding hydrogens is 341 g/mol. The average Bonchev–Trinajstić information content (AvgIpc) is 2.96. The molecule has 0 aliphatic carbocycles. The van der Waals surface area contributed by atoms with Crippen molar-refractivity contribution in [2.75, 3.05) is 17.6 Å². The van der Waals surface area contributed by atoms with Crippen LogP contribution in [0.4, 0.5) is 10.1 Å². The van der Waals surface area contributed by atoms with E-state index in [-0.39, 0.29) is 5.82 Å². The minimum atomic E-state index is -3.40. The highest BCUT2D eigenvalue weighted by Gasteiger charge is 2.17. The van der Waals surface area contributed by atoms with Crippen LogP contribution in [0.25, 0.3) is 28.4 Å². The van der Waals surface area contributed by atoms with Gasteiger partial charge in [0.25, 0.3) is 0 Å². The molecule has 25 heavy (non-hydrogen) atoms. The summed E-state index contributed by atoms with van der Waals surface area (Å²) in [7, 11) is -1.89. The van der Waals surface area contributed by atoms with E-state index in [0.717, 1.165) is 22.8 Å². The Morgan fingerprint density at radius 3 is 2.40 bits per heavy atom.